The molecule has 0 bridgehead atoms. The van der Waals surface area contributed by atoms with Crippen LogP contribution in [-0.2, 0) is 9.90 Å². The second kappa shape index (κ2) is 6.16. The highest BCUT2D eigenvalue weighted by molar-refractivity contribution is 5.78. The molecule has 0 fully saturated rings. The Labute approximate surface area is 67.6 Å². The first-order valence-corrected chi connectivity index (χ1v) is 4.13. The molecule has 2 N–H and O–H groups in total. The van der Waals surface area contributed by atoms with E-state index in [1.54, 1.807) is 0 Å². The van der Waals surface area contributed by atoms with Crippen LogP contribution in [0.2, 0.25) is 0 Å². The molecule has 3 heteroatoms. The average molecular weight is 158 g/mol. The summed E-state index contributed by atoms with van der Waals surface area (Å²) in [6.45, 7) is 2.10. The Morgan fingerprint density at radius 3 is 2.45 bits per heavy atom. The molecule has 1 unspecified atom stereocenters. The fourth-order valence-electron chi connectivity index (χ4n) is 0.899. The van der Waals surface area contributed by atoms with Crippen LogP contribution in [0.5, 0.6) is 0 Å². The predicted octanol–water partition coefficient (Wildman–Crippen LogP) is 1.24. The van der Waals surface area contributed by atoms with Crippen LogP contribution < -0.4 is 5.73 Å². The number of carbonyl (C=O) groups is 1. The van der Waals surface area contributed by atoms with E-state index in [0.29, 0.717) is 6.42 Å². The maximum absolute atomic E-state index is 10.7. The van der Waals surface area contributed by atoms with Gasteiger partial charge in [0.2, 0.25) is 5.91 Å². The molecule has 0 aromatic rings. The van der Waals surface area contributed by atoms with Crippen molar-refractivity contribution in [2.24, 2.45) is 5.73 Å². The molecule has 0 aliphatic rings. The van der Waals surface area contributed by atoms with Gasteiger partial charge in [0.15, 0.2) is 6.10 Å². The van der Waals surface area contributed by atoms with Crippen LogP contribution in [0.3, 0.4) is 0 Å². The van der Waals surface area contributed by atoms with E-state index in [9.17, 15) is 9.90 Å². The van der Waals surface area contributed by atoms with Gasteiger partial charge in [-0.2, -0.15) is 0 Å². The lowest BCUT2D eigenvalue weighted by molar-refractivity contribution is -0.129. The Morgan fingerprint density at radius 1 is 1.36 bits per heavy atom. The zero-order valence-corrected chi connectivity index (χ0v) is 7.01. The minimum Gasteiger partial charge on any atom is -0.367 e. The number of carbonyl (C=O) groups excluding carboxylic acids is 1. The summed E-state index contributed by atoms with van der Waals surface area (Å²) in [6.07, 6.45) is 3.33. The van der Waals surface area contributed by atoms with Crippen molar-refractivity contribution in [3.63, 3.8) is 0 Å². The zero-order valence-electron chi connectivity index (χ0n) is 7.01. The van der Waals surface area contributed by atoms with E-state index in [1.165, 1.54) is 0 Å². The van der Waals surface area contributed by atoms with Crippen LogP contribution in [0.4, 0.5) is 0 Å². The summed E-state index contributed by atoms with van der Waals surface area (Å²) in [6, 6.07) is 0. The maximum Gasteiger partial charge on any atom is 0.249 e. The molecule has 0 saturated heterocycles. The lowest BCUT2D eigenvalue weighted by Crippen LogP contribution is -2.26. The molecule has 0 aliphatic heterocycles. The Balaban J connectivity index is 3.17. The summed E-state index contributed by atoms with van der Waals surface area (Å²) in [5, 5.41) is 10.7. The van der Waals surface area contributed by atoms with Crippen molar-refractivity contribution in [2.75, 3.05) is 0 Å². The third kappa shape index (κ3) is 5.85. The van der Waals surface area contributed by atoms with Gasteiger partial charge in [-0.3, -0.25) is 4.79 Å². The second-order valence-corrected chi connectivity index (χ2v) is 2.74. The van der Waals surface area contributed by atoms with Gasteiger partial charge in [-0.15, -0.1) is 0 Å². The monoisotopic (exact) mass is 158 g/mol. The fraction of sp³-hybridized carbons (Fsp3) is 0.875. The van der Waals surface area contributed by atoms with E-state index in [-0.39, 0.29) is 0 Å². The molecule has 0 aromatic carbocycles. The van der Waals surface area contributed by atoms with Crippen molar-refractivity contribution in [1.82, 2.24) is 0 Å². The number of hydrogen-bond acceptors (Lipinski definition) is 1. The van der Waals surface area contributed by atoms with Gasteiger partial charge < -0.3 is 5.73 Å². The van der Waals surface area contributed by atoms with Crippen LogP contribution in [0.1, 0.15) is 39.0 Å². The molecule has 1 atom stereocenters. The van der Waals surface area contributed by atoms with E-state index in [2.05, 4.69) is 6.92 Å². The smallest absolute Gasteiger partial charge is 0.249 e. The highest BCUT2D eigenvalue weighted by atomic mass is 16.3. The Kier molecular flexibility index (Phi) is 5.84. The summed E-state index contributed by atoms with van der Waals surface area (Å²) in [5.74, 6) is -0.721. The lowest BCUT2D eigenvalue weighted by atomic mass is 10.1. The molecule has 1 amide bonds. The van der Waals surface area contributed by atoms with E-state index in [4.69, 9.17) is 5.73 Å². The van der Waals surface area contributed by atoms with Crippen molar-refractivity contribution < 1.29 is 9.90 Å². The van der Waals surface area contributed by atoms with E-state index in [1.807, 2.05) is 0 Å². The summed E-state index contributed by atoms with van der Waals surface area (Å²) >= 11 is 0. The lowest BCUT2D eigenvalue weighted by Gasteiger charge is -2.02. The van der Waals surface area contributed by atoms with Crippen LogP contribution in [0, 0.1) is 0 Å². The van der Waals surface area contributed by atoms with Crippen LogP contribution in [-0.4, -0.2) is 12.0 Å². The molecule has 0 aromatic heterocycles. The second-order valence-electron chi connectivity index (χ2n) is 2.74. The number of nitrogens with two attached hydrogens (primary N) is 1. The molecule has 11 heavy (non-hydrogen) atoms. The van der Waals surface area contributed by atoms with Crippen LogP contribution in [0.25, 0.3) is 0 Å². The molecule has 3 nitrogen and oxygen atoms in total. The van der Waals surface area contributed by atoms with Gasteiger partial charge in [-0.05, 0) is 6.42 Å². The molecular weight excluding hydrogens is 142 g/mol. The normalized spacial score (nSPS) is 12.9. The standard InChI is InChI=1S/C8H16NO2/c1-2-3-4-5-6-7(10)8(9)11/h7H,2-6H2,1H3,(H2,9,11). The SMILES string of the molecule is CCCCCCC([O])C(N)=O. The quantitative estimate of drug-likeness (QED) is 0.581. The van der Waals surface area contributed by atoms with Gasteiger partial charge in [0.1, 0.15) is 0 Å². The summed E-state index contributed by atoms with van der Waals surface area (Å²) < 4.78 is 0. The van der Waals surface area contributed by atoms with Crippen molar-refractivity contribution in [2.45, 2.75) is 45.1 Å². The molecule has 1 radical (unpaired) electrons. The van der Waals surface area contributed by atoms with Gasteiger partial charge in [0, 0.05) is 0 Å². The largest absolute Gasteiger partial charge is 0.367 e. The Hall–Kier alpha value is -0.570. The average Bonchev–Trinajstić information content (AvgIpc) is 1.97. The zero-order chi connectivity index (χ0) is 8.69. The first-order chi connectivity index (χ1) is 5.18. The van der Waals surface area contributed by atoms with Gasteiger partial charge in [0.05, 0.1) is 0 Å². The predicted molar refractivity (Wildman–Crippen MR) is 42.4 cm³/mol. The highest BCUT2D eigenvalue weighted by Crippen LogP contribution is 2.05. The number of primary amides is 1. The maximum atomic E-state index is 10.7. The van der Waals surface area contributed by atoms with E-state index < -0.39 is 12.0 Å². The highest BCUT2D eigenvalue weighted by Gasteiger charge is 2.11. The number of rotatable bonds is 6. The van der Waals surface area contributed by atoms with Gasteiger partial charge in [-0.1, -0.05) is 32.6 Å². The fourth-order valence-corrected chi connectivity index (χ4v) is 0.899. The molecule has 0 spiro atoms. The third-order valence-corrected chi connectivity index (χ3v) is 1.64. The van der Waals surface area contributed by atoms with Crippen LogP contribution >= 0.6 is 0 Å². The molecule has 0 heterocycles. The Bertz CT molecular complexity index is 115. The number of hydrogen-bond donors (Lipinski definition) is 1. The minimum atomic E-state index is -1.19. The molecular formula is C8H16NO2. The molecule has 0 aliphatic carbocycles. The number of unbranched alkanes of at least 4 members (excludes halogenated alkanes) is 3. The van der Waals surface area contributed by atoms with Crippen LogP contribution in [0.15, 0.2) is 0 Å². The minimum absolute atomic E-state index is 0.398. The molecule has 65 valence electrons. The van der Waals surface area contributed by atoms with Gasteiger partial charge >= 0.3 is 0 Å². The van der Waals surface area contributed by atoms with E-state index in [0.717, 1.165) is 25.7 Å². The van der Waals surface area contributed by atoms with Crippen molar-refractivity contribution in [3.8, 4) is 0 Å². The topological polar surface area (TPSA) is 63.0 Å². The van der Waals surface area contributed by atoms with Crippen molar-refractivity contribution >= 4 is 5.91 Å². The van der Waals surface area contributed by atoms with Crippen molar-refractivity contribution in [1.29, 1.82) is 0 Å². The number of amides is 1. The van der Waals surface area contributed by atoms with Gasteiger partial charge in [0.25, 0.3) is 0 Å². The third-order valence-electron chi connectivity index (χ3n) is 1.64. The molecule has 0 saturated carbocycles. The summed E-state index contributed by atoms with van der Waals surface area (Å²) in [7, 11) is 0. The summed E-state index contributed by atoms with van der Waals surface area (Å²) in [5.41, 5.74) is 4.80. The summed E-state index contributed by atoms with van der Waals surface area (Å²) in [4.78, 5) is 10.3. The van der Waals surface area contributed by atoms with Gasteiger partial charge in [-0.25, -0.2) is 5.11 Å². The van der Waals surface area contributed by atoms with Crippen molar-refractivity contribution in [3.05, 3.63) is 0 Å². The Morgan fingerprint density at radius 2 is 2.00 bits per heavy atom. The first-order valence-electron chi connectivity index (χ1n) is 4.13. The first kappa shape index (κ1) is 10.4. The van der Waals surface area contributed by atoms with E-state index >= 15 is 0 Å². The molecule has 0 rings (SSSR count).